The number of nitrogens with zero attached hydrogens (tertiary/aromatic N) is 4. The molecule has 0 unspecified atom stereocenters. The number of halogens is 2. The van der Waals surface area contributed by atoms with Gasteiger partial charge in [0.2, 0.25) is 0 Å². The average Bonchev–Trinajstić information content (AvgIpc) is 3.56. The Morgan fingerprint density at radius 3 is 2.62 bits per heavy atom. The molecule has 6 rings (SSSR count). The normalized spacial score (nSPS) is 11.7. The Bertz CT molecular complexity index is 2110. The fraction of sp³-hybridized carbons (Fsp3) is 0.171. The van der Waals surface area contributed by atoms with Gasteiger partial charge in [0, 0.05) is 41.5 Å². The third-order valence-corrected chi connectivity index (χ3v) is 10.8. The number of hydrogen-bond donors (Lipinski definition) is 1. The van der Waals surface area contributed by atoms with Crippen molar-refractivity contribution >= 4 is 59.5 Å². The molecule has 2 heterocycles. The van der Waals surface area contributed by atoms with E-state index in [0.717, 1.165) is 42.9 Å². The molecular formula is C35H31BrFN5O3S2. The maximum Gasteiger partial charge on any atom is 0.179 e. The molecule has 240 valence electrons. The summed E-state index contributed by atoms with van der Waals surface area (Å²) in [4.78, 5) is 16.2. The van der Waals surface area contributed by atoms with Gasteiger partial charge in [0.15, 0.2) is 9.84 Å². The molecule has 0 spiro atoms. The average molecular weight is 733 g/mol. The first-order valence-corrected chi connectivity index (χ1v) is 18.2. The Morgan fingerprint density at radius 1 is 0.957 bits per heavy atom. The van der Waals surface area contributed by atoms with Gasteiger partial charge < -0.3 is 15.0 Å². The van der Waals surface area contributed by atoms with E-state index in [0.29, 0.717) is 36.0 Å². The smallest absolute Gasteiger partial charge is 0.179 e. The number of hydrogen-bond acceptors (Lipinski definition) is 9. The fourth-order valence-corrected chi connectivity index (χ4v) is 7.56. The molecule has 6 aromatic rings. The molecule has 0 bridgehead atoms. The Balaban J connectivity index is 1.09. The molecule has 0 radical (unpaired) electrons. The van der Waals surface area contributed by atoms with E-state index in [4.69, 9.17) is 9.72 Å². The zero-order valence-electron chi connectivity index (χ0n) is 25.4. The first-order chi connectivity index (χ1) is 22.7. The van der Waals surface area contributed by atoms with Crippen molar-refractivity contribution in [3.05, 3.63) is 124 Å². The van der Waals surface area contributed by atoms with Crippen molar-refractivity contribution in [2.75, 3.05) is 31.2 Å². The molecule has 0 aliphatic heterocycles. The monoisotopic (exact) mass is 731 g/mol. The van der Waals surface area contributed by atoms with Crippen LogP contribution in [0.1, 0.15) is 10.6 Å². The summed E-state index contributed by atoms with van der Waals surface area (Å²) in [7, 11) is -1.39. The van der Waals surface area contributed by atoms with Gasteiger partial charge in [-0.3, -0.25) is 0 Å². The first-order valence-electron chi connectivity index (χ1n) is 14.8. The largest absolute Gasteiger partial charge is 0.488 e. The number of thiazole rings is 1. The molecule has 0 fully saturated rings. The van der Waals surface area contributed by atoms with Crippen molar-refractivity contribution in [3.63, 3.8) is 0 Å². The van der Waals surface area contributed by atoms with Crippen molar-refractivity contribution in [2.45, 2.75) is 17.9 Å². The highest BCUT2D eigenvalue weighted by molar-refractivity contribution is 9.10. The molecule has 2 aromatic heterocycles. The van der Waals surface area contributed by atoms with Gasteiger partial charge in [-0.25, -0.2) is 27.8 Å². The number of likely N-dealkylation sites (N-methyl/N-ethyl adjacent to an activating group) is 1. The maximum absolute atomic E-state index is 13.5. The highest BCUT2D eigenvalue weighted by Crippen LogP contribution is 2.33. The topological polar surface area (TPSA) is 97.3 Å². The second-order valence-corrected chi connectivity index (χ2v) is 14.9. The molecule has 0 amide bonds. The van der Waals surface area contributed by atoms with Crippen LogP contribution < -0.4 is 10.1 Å². The van der Waals surface area contributed by atoms with Gasteiger partial charge in [0.1, 0.15) is 30.3 Å². The van der Waals surface area contributed by atoms with Crippen LogP contribution in [-0.4, -0.2) is 54.2 Å². The summed E-state index contributed by atoms with van der Waals surface area (Å²) in [6.45, 7) is 1.38. The molecule has 0 atom stereocenters. The van der Waals surface area contributed by atoms with Crippen LogP contribution in [0.2, 0.25) is 0 Å². The summed E-state index contributed by atoms with van der Waals surface area (Å²) >= 11 is 5.17. The van der Waals surface area contributed by atoms with Crippen LogP contribution in [0, 0.1) is 5.82 Å². The molecular weight excluding hydrogens is 701 g/mol. The SMILES string of the molecule is CN(CCc1nc(-c2ccc3ncnc(Nc4ccc(OCc5cccc(F)c5)c(Br)c4)c3c2)cs1)CCS(=O)(=O)c1ccccc1. The number of fused-ring (bicyclic) bond motifs is 1. The number of ether oxygens (including phenoxy) is 1. The van der Waals surface area contributed by atoms with Gasteiger partial charge in [-0.05, 0) is 83.1 Å². The van der Waals surface area contributed by atoms with Gasteiger partial charge in [0.25, 0.3) is 0 Å². The fourth-order valence-electron chi connectivity index (χ4n) is 4.91. The van der Waals surface area contributed by atoms with Crippen LogP contribution in [0.25, 0.3) is 22.2 Å². The molecule has 8 nitrogen and oxygen atoms in total. The van der Waals surface area contributed by atoms with Crippen molar-refractivity contribution in [1.29, 1.82) is 0 Å². The molecule has 0 saturated carbocycles. The lowest BCUT2D eigenvalue weighted by atomic mass is 10.1. The van der Waals surface area contributed by atoms with E-state index in [1.54, 1.807) is 41.7 Å². The van der Waals surface area contributed by atoms with Crippen LogP contribution in [0.4, 0.5) is 15.9 Å². The minimum atomic E-state index is -3.32. The zero-order chi connectivity index (χ0) is 32.8. The predicted molar refractivity (Wildman–Crippen MR) is 188 cm³/mol. The van der Waals surface area contributed by atoms with E-state index in [2.05, 4.69) is 31.2 Å². The Kier molecular flexibility index (Phi) is 10.2. The summed E-state index contributed by atoms with van der Waals surface area (Å²) < 4.78 is 45.4. The molecule has 47 heavy (non-hydrogen) atoms. The van der Waals surface area contributed by atoms with Crippen molar-refractivity contribution in [2.24, 2.45) is 0 Å². The van der Waals surface area contributed by atoms with E-state index < -0.39 is 9.84 Å². The highest BCUT2D eigenvalue weighted by Gasteiger charge is 2.16. The van der Waals surface area contributed by atoms with Crippen molar-refractivity contribution in [1.82, 2.24) is 19.9 Å². The molecule has 12 heteroatoms. The quantitative estimate of drug-likeness (QED) is 0.128. The van der Waals surface area contributed by atoms with E-state index in [1.807, 2.05) is 65.9 Å². The Hall–Kier alpha value is -4.23. The molecule has 4 aromatic carbocycles. The summed E-state index contributed by atoms with van der Waals surface area (Å²) in [5.41, 5.74) is 4.15. The number of aromatic nitrogens is 3. The van der Waals surface area contributed by atoms with Crippen molar-refractivity contribution < 1.29 is 17.5 Å². The summed E-state index contributed by atoms with van der Waals surface area (Å²) in [5.74, 6) is 1.06. The van der Waals surface area contributed by atoms with Gasteiger partial charge in [-0.1, -0.05) is 36.4 Å². The Morgan fingerprint density at radius 2 is 1.81 bits per heavy atom. The molecule has 0 saturated heterocycles. The minimum Gasteiger partial charge on any atom is -0.488 e. The molecule has 0 aliphatic rings. The second-order valence-electron chi connectivity index (χ2n) is 11.0. The minimum absolute atomic E-state index is 0.0671. The van der Waals surface area contributed by atoms with E-state index in [-0.39, 0.29) is 18.2 Å². The van der Waals surface area contributed by atoms with Gasteiger partial charge in [0.05, 0.1) is 31.3 Å². The zero-order valence-corrected chi connectivity index (χ0v) is 28.7. The lowest BCUT2D eigenvalue weighted by Gasteiger charge is -2.15. The number of anilines is 2. The summed E-state index contributed by atoms with van der Waals surface area (Å²) in [6.07, 6.45) is 2.24. The molecule has 0 aliphatic carbocycles. The summed E-state index contributed by atoms with van der Waals surface area (Å²) in [6, 6.07) is 26.5. The lowest BCUT2D eigenvalue weighted by Crippen LogP contribution is -2.27. The van der Waals surface area contributed by atoms with E-state index >= 15 is 0 Å². The van der Waals surface area contributed by atoms with Crippen LogP contribution in [-0.2, 0) is 22.9 Å². The van der Waals surface area contributed by atoms with Gasteiger partial charge in [-0.15, -0.1) is 11.3 Å². The van der Waals surface area contributed by atoms with Gasteiger partial charge in [-0.2, -0.15) is 0 Å². The number of benzene rings is 4. The van der Waals surface area contributed by atoms with Crippen molar-refractivity contribution in [3.8, 4) is 17.0 Å². The standard InChI is InChI=1S/C35H31BrFN5O3S2/c1-42(16-17-47(43,44)28-8-3-2-4-9-28)15-14-34-41-32(22-46-34)25-10-12-31-29(19-25)35(39-23-38-31)40-27-11-13-33(30(36)20-27)45-21-24-6-5-7-26(37)18-24/h2-13,18-20,22-23H,14-17,21H2,1H3,(H,38,39,40). The van der Waals surface area contributed by atoms with Crippen LogP contribution in [0.3, 0.4) is 0 Å². The van der Waals surface area contributed by atoms with Gasteiger partial charge >= 0.3 is 0 Å². The number of rotatable bonds is 13. The van der Waals surface area contributed by atoms with E-state index in [9.17, 15) is 12.8 Å². The second kappa shape index (κ2) is 14.7. The van der Waals surface area contributed by atoms with Crippen LogP contribution in [0.5, 0.6) is 5.75 Å². The van der Waals surface area contributed by atoms with E-state index in [1.165, 1.54) is 18.5 Å². The Labute approximate surface area is 285 Å². The summed E-state index contributed by atoms with van der Waals surface area (Å²) in [5, 5.41) is 7.25. The first kappa shape index (κ1) is 32.7. The highest BCUT2D eigenvalue weighted by atomic mass is 79.9. The number of sulfone groups is 1. The third-order valence-electron chi connectivity index (χ3n) is 7.51. The molecule has 1 N–H and O–H groups in total. The lowest BCUT2D eigenvalue weighted by molar-refractivity contribution is 0.303. The van der Waals surface area contributed by atoms with Crippen LogP contribution >= 0.6 is 27.3 Å². The third kappa shape index (κ3) is 8.38. The number of nitrogens with one attached hydrogen (secondary N) is 1. The maximum atomic E-state index is 13.5. The predicted octanol–water partition coefficient (Wildman–Crippen LogP) is 7.93. The van der Waals surface area contributed by atoms with Crippen LogP contribution in [0.15, 0.2) is 112 Å².